The van der Waals surface area contributed by atoms with Gasteiger partial charge in [0.1, 0.15) is 17.0 Å². The Bertz CT molecular complexity index is 2480. The van der Waals surface area contributed by atoms with Gasteiger partial charge in [-0.15, -0.1) is 0 Å². The lowest BCUT2D eigenvalue weighted by Crippen LogP contribution is -2.05. The molecule has 0 unspecified atom stereocenters. The molecule has 0 saturated carbocycles. The van der Waals surface area contributed by atoms with E-state index >= 15 is 0 Å². The van der Waals surface area contributed by atoms with E-state index in [2.05, 4.69) is 25.8 Å². The molecule has 4 aromatic carbocycles. The van der Waals surface area contributed by atoms with E-state index in [1.165, 1.54) is 36.4 Å². The number of rotatable bonds is 9. The Labute approximate surface area is 398 Å². The molecule has 0 radical (unpaired) electrons. The first kappa shape index (κ1) is 51.8. The number of nitrogens with zero attached hydrogens (tertiary/aromatic N) is 5. The van der Waals surface area contributed by atoms with E-state index in [0.29, 0.717) is 63.0 Å². The van der Waals surface area contributed by atoms with Gasteiger partial charge < -0.3 is 4.98 Å². The summed E-state index contributed by atoms with van der Waals surface area (Å²) < 4.78 is 0. The zero-order valence-electron chi connectivity index (χ0n) is 30.0. The van der Waals surface area contributed by atoms with Crippen molar-refractivity contribution in [3.8, 4) is 35.5 Å². The lowest BCUT2D eigenvalue weighted by Gasteiger charge is -2.02. The minimum atomic E-state index is -0.929. The van der Waals surface area contributed by atoms with Crippen LogP contribution in [-0.2, 0) is 0 Å². The largest absolute Gasteiger partial charge is 0.355 e. The van der Waals surface area contributed by atoms with Gasteiger partial charge in [0.2, 0.25) is 5.69 Å². The van der Waals surface area contributed by atoms with Crippen LogP contribution in [0.5, 0.6) is 0 Å². The fourth-order valence-electron chi connectivity index (χ4n) is 4.25. The normalized spacial score (nSPS) is 9.78. The van der Waals surface area contributed by atoms with Gasteiger partial charge in [0, 0.05) is 35.2 Å². The summed E-state index contributed by atoms with van der Waals surface area (Å²) in [6.07, 6.45) is -0.268. The molecule has 1 N–H and O–H groups in total. The number of alkyl halides is 1. The van der Waals surface area contributed by atoms with E-state index < -0.39 is 11.8 Å². The van der Waals surface area contributed by atoms with Crippen molar-refractivity contribution in [3.05, 3.63) is 152 Å². The number of carbonyl (C=O) groups excluding carboxylic acids is 3. The summed E-state index contributed by atoms with van der Waals surface area (Å²) in [5.41, 5.74) is 3.25. The van der Waals surface area contributed by atoms with E-state index in [4.69, 9.17) is 132 Å². The highest BCUT2D eigenvalue weighted by atomic mass is 79.9. The molecule has 0 bridgehead atoms. The smallest absolute Gasteiger partial charge is 0.223 e. The Morgan fingerprint density at radius 2 is 0.900 bits per heavy atom. The summed E-state index contributed by atoms with van der Waals surface area (Å²) in [4.78, 5) is 40.6. The highest BCUT2D eigenvalue weighted by Gasteiger charge is 2.16. The van der Waals surface area contributed by atoms with Gasteiger partial charge in [0.15, 0.2) is 17.3 Å². The monoisotopic (exact) mass is 1040 g/mol. The maximum Gasteiger partial charge on any atom is 0.223 e. The number of hydrogen-bond donors (Lipinski definition) is 1. The Hall–Kier alpha value is -4.29. The molecule has 1 aromatic heterocycles. The summed E-state index contributed by atoms with van der Waals surface area (Å²) in [5.74, 6) is -2.46. The Morgan fingerprint density at radius 1 is 0.550 bits per heavy atom. The highest BCUT2D eigenvalue weighted by molar-refractivity contribution is 9.09. The van der Waals surface area contributed by atoms with E-state index in [9.17, 15) is 14.4 Å². The summed E-state index contributed by atoms with van der Waals surface area (Å²) in [7, 11) is 0. The number of aromatic nitrogens is 1. The van der Waals surface area contributed by atoms with Crippen LogP contribution in [0.15, 0.2) is 78.9 Å². The van der Waals surface area contributed by atoms with Gasteiger partial charge in [-0.2, -0.15) is 21.0 Å². The predicted molar refractivity (Wildman–Crippen MR) is 242 cm³/mol. The zero-order valence-corrected chi connectivity index (χ0v) is 38.4. The zero-order chi connectivity index (χ0) is 45.1. The van der Waals surface area contributed by atoms with Gasteiger partial charge in [-0.3, -0.25) is 14.4 Å². The molecule has 0 atom stereocenters. The summed E-state index contributed by atoms with van der Waals surface area (Å²) in [6, 6.07) is 27.6. The molecule has 0 amide bonds. The fourth-order valence-corrected chi connectivity index (χ4v) is 5.97. The average molecular weight is 1050 g/mol. The quantitative estimate of drug-likeness (QED) is 0.0871. The second-order valence-corrected chi connectivity index (χ2v) is 15.6. The third-order valence-corrected chi connectivity index (χ3v) is 11.1. The van der Waals surface area contributed by atoms with Gasteiger partial charge in [-0.1, -0.05) is 126 Å². The Morgan fingerprint density at radius 3 is 1.20 bits per heavy atom. The highest BCUT2D eigenvalue weighted by Crippen LogP contribution is 2.34. The van der Waals surface area contributed by atoms with Gasteiger partial charge in [-0.05, 0) is 78.4 Å². The summed E-state index contributed by atoms with van der Waals surface area (Å²) in [6.45, 7) is 6.91. The van der Waals surface area contributed by atoms with Crippen molar-refractivity contribution in [1.29, 1.82) is 21.0 Å². The average Bonchev–Trinajstić information content (AvgIpc) is 3.63. The second-order valence-electron chi connectivity index (χ2n) is 11.4. The predicted octanol–water partition coefficient (Wildman–Crippen LogP) is 15.2. The molecule has 1 heterocycles. The first-order chi connectivity index (χ1) is 28.4. The van der Waals surface area contributed by atoms with Crippen LogP contribution >= 0.6 is 120 Å². The number of benzene rings is 4. The minimum absolute atomic E-state index is 0.00596. The number of ketones is 3. The molecule has 5 rings (SSSR count). The van der Waals surface area contributed by atoms with Crippen LogP contribution in [0.4, 0.5) is 5.69 Å². The fraction of sp³-hybridized carbons (Fsp3) is 0.122. The number of aromatic amines is 1. The number of halogens is 10. The Kier molecular flexibility index (Phi) is 22.6. The van der Waals surface area contributed by atoms with Crippen LogP contribution in [0.1, 0.15) is 43.9 Å². The third kappa shape index (κ3) is 16.3. The molecule has 0 fully saturated rings. The van der Waals surface area contributed by atoms with Crippen LogP contribution in [0.25, 0.3) is 16.1 Å². The molecule has 60 heavy (non-hydrogen) atoms. The van der Waals surface area contributed by atoms with Crippen molar-refractivity contribution in [3.63, 3.8) is 0 Å². The van der Waals surface area contributed by atoms with Crippen molar-refractivity contribution in [2.75, 3.05) is 5.33 Å². The Balaban J connectivity index is 0.000000277. The number of H-pyrrole nitrogens is 1. The molecule has 304 valence electrons. The standard InChI is InChI=1S/C11H5Cl3N2.2C11H6Cl2N2O.C8H5BrCl2O/c1-15-10-5-9(16-11(10)14)6-2-3-7(12)8(13)4-6;2*12-9-2-1-8(4-10(9)13)11(16)3-7(5-14)6-15;9-4-8(12)5-1-2-6(10)7(11)3-5/h2-5,16H;2*1-2,4,7H,3H2;1-3H,4H2. The van der Waals surface area contributed by atoms with Gasteiger partial charge in [0.05, 0.1) is 76.4 Å². The van der Waals surface area contributed by atoms with E-state index in [-0.39, 0.29) is 40.2 Å². The molecule has 0 aliphatic heterocycles. The van der Waals surface area contributed by atoms with Crippen molar-refractivity contribution < 1.29 is 14.4 Å². The van der Waals surface area contributed by atoms with Crippen LogP contribution in [0, 0.1) is 63.7 Å². The number of hydrogen-bond acceptors (Lipinski definition) is 7. The van der Waals surface area contributed by atoms with Gasteiger partial charge in [-0.25, -0.2) is 4.85 Å². The first-order valence-corrected chi connectivity index (χ1v) is 20.8. The minimum Gasteiger partial charge on any atom is -0.355 e. The lowest BCUT2D eigenvalue weighted by molar-refractivity contribution is 0.0968. The molecule has 0 aliphatic carbocycles. The van der Waals surface area contributed by atoms with E-state index in [0.717, 1.165) is 11.3 Å². The van der Waals surface area contributed by atoms with Crippen LogP contribution < -0.4 is 0 Å². The van der Waals surface area contributed by atoms with Crippen LogP contribution in [-0.4, -0.2) is 27.7 Å². The lowest BCUT2D eigenvalue weighted by atomic mass is 10.0. The molecule has 5 aromatic rings. The first-order valence-electron chi connectivity index (χ1n) is 16.2. The van der Waals surface area contributed by atoms with E-state index in [1.807, 2.05) is 6.07 Å². The molecule has 0 aliphatic rings. The number of nitriles is 4. The summed E-state index contributed by atoms with van der Waals surface area (Å²) >= 11 is 54.9. The number of Topliss-reactive ketones (excluding diaryl/α,β-unsaturated/α-hetero) is 3. The topological polar surface area (TPSA) is 167 Å². The van der Waals surface area contributed by atoms with Crippen molar-refractivity contribution in [1.82, 2.24) is 4.98 Å². The van der Waals surface area contributed by atoms with Gasteiger partial charge >= 0.3 is 0 Å². The third-order valence-electron chi connectivity index (χ3n) is 7.35. The molecule has 9 nitrogen and oxygen atoms in total. The second kappa shape index (κ2) is 26.1. The molecular weight excluding hydrogens is 1020 g/mol. The van der Waals surface area contributed by atoms with Crippen molar-refractivity contribution >= 4 is 143 Å². The molecular formula is C41H22BrCl9N6O3. The van der Waals surface area contributed by atoms with E-state index in [1.54, 1.807) is 60.7 Å². The van der Waals surface area contributed by atoms with Crippen molar-refractivity contribution in [2.24, 2.45) is 11.8 Å². The van der Waals surface area contributed by atoms with Crippen LogP contribution in [0.2, 0.25) is 45.3 Å². The maximum absolute atomic E-state index is 11.6. The molecule has 0 saturated heterocycles. The summed E-state index contributed by atoms with van der Waals surface area (Å²) in [5, 5.41) is 37.9. The number of nitrogens with one attached hydrogen (secondary N) is 1. The molecule has 0 spiro atoms. The molecule has 19 heteroatoms. The number of carbonyl (C=O) groups is 3. The van der Waals surface area contributed by atoms with Crippen LogP contribution in [0.3, 0.4) is 0 Å². The maximum atomic E-state index is 11.6. The SMILES string of the molecule is N#CC(C#N)CC(=O)c1ccc(Cl)c(Cl)c1.N#CC(C#N)CC(=O)c1ccc(Cl)c(Cl)c1.O=C(CBr)c1ccc(Cl)c(Cl)c1.[C-]#[N+]c1cc(-c2ccc(Cl)c(Cl)c2)[nH]c1Cl. The van der Waals surface area contributed by atoms with Crippen molar-refractivity contribution in [2.45, 2.75) is 12.8 Å². The van der Waals surface area contributed by atoms with Gasteiger partial charge in [0.25, 0.3) is 0 Å².